The summed E-state index contributed by atoms with van der Waals surface area (Å²) in [5, 5.41) is 2.83. The quantitative estimate of drug-likeness (QED) is 0.615. The maximum atomic E-state index is 10.0. The van der Waals surface area contributed by atoms with Crippen molar-refractivity contribution in [3.05, 3.63) is 34.7 Å². The van der Waals surface area contributed by atoms with E-state index < -0.39 is 0 Å². The minimum atomic E-state index is 0.513. The van der Waals surface area contributed by atoms with Gasteiger partial charge in [-0.25, -0.2) is 0 Å². The Morgan fingerprint density at radius 1 is 1.33 bits per heavy atom. The van der Waals surface area contributed by atoms with Crippen LogP contribution in [-0.4, -0.2) is 0 Å². The lowest BCUT2D eigenvalue weighted by Crippen LogP contribution is -1.75. The van der Waals surface area contributed by atoms with E-state index in [1.165, 1.54) is 0 Å². The van der Waals surface area contributed by atoms with Gasteiger partial charge in [0, 0.05) is 0 Å². The predicted molar refractivity (Wildman–Crippen MR) is 52.6 cm³/mol. The molecular formula is C10H15NO. The third kappa shape index (κ3) is 3.28. The Labute approximate surface area is 73.6 Å². The van der Waals surface area contributed by atoms with Crippen molar-refractivity contribution in [2.45, 2.75) is 27.2 Å². The molecule has 0 heterocycles. The largest absolute Gasteiger partial charge is 0.145 e. The van der Waals surface area contributed by atoms with Gasteiger partial charge in [0.05, 0.1) is 0 Å². The zero-order valence-corrected chi connectivity index (χ0v) is 7.87. The first-order valence-corrected chi connectivity index (χ1v) is 4.29. The van der Waals surface area contributed by atoms with Gasteiger partial charge in [-0.1, -0.05) is 32.9 Å². The smallest absolute Gasteiger partial charge is 0.108 e. The van der Waals surface area contributed by atoms with Crippen LogP contribution in [0.25, 0.3) is 0 Å². The van der Waals surface area contributed by atoms with Crippen LogP contribution in [0.2, 0.25) is 0 Å². The summed E-state index contributed by atoms with van der Waals surface area (Å²) in [4.78, 5) is 10.0. The fourth-order valence-electron chi connectivity index (χ4n) is 0.833. The number of hydrogen-bond donors (Lipinski definition) is 0. The van der Waals surface area contributed by atoms with Crippen LogP contribution in [0.5, 0.6) is 0 Å². The van der Waals surface area contributed by atoms with E-state index in [1.54, 1.807) is 12.1 Å². The molecule has 12 heavy (non-hydrogen) atoms. The zero-order valence-electron chi connectivity index (χ0n) is 7.87. The highest BCUT2D eigenvalue weighted by atomic mass is 16.3. The first-order valence-electron chi connectivity index (χ1n) is 4.29. The molecule has 0 saturated heterocycles. The molecule has 0 aromatic heterocycles. The summed E-state index contributed by atoms with van der Waals surface area (Å²) in [6.45, 7) is 6.05. The predicted octanol–water partition coefficient (Wildman–Crippen LogP) is 3.67. The van der Waals surface area contributed by atoms with E-state index in [0.29, 0.717) is 5.69 Å². The third-order valence-corrected chi connectivity index (χ3v) is 1.42. The van der Waals surface area contributed by atoms with Crippen LogP contribution in [-0.2, 0) is 6.42 Å². The van der Waals surface area contributed by atoms with Crippen molar-refractivity contribution >= 4 is 5.69 Å². The molecule has 0 amide bonds. The molecular weight excluding hydrogens is 150 g/mol. The highest BCUT2D eigenvalue weighted by Crippen LogP contribution is 2.13. The van der Waals surface area contributed by atoms with Gasteiger partial charge in [-0.2, -0.15) is 0 Å². The lowest BCUT2D eigenvalue weighted by atomic mass is 10.1. The van der Waals surface area contributed by atoms with E-state index in [1.807, 2.05) is 32.9 Å². The van der Waals surface area contributed by atoms with Gasteiger partial charge < -0.3 is 0 Å². The zero-order chi connectivity index (χ0) is 9.40. The molecule has 2 heteroatoms. The van der Waals surface area contributed by atoms with Gasteiger partial charge in [0.15, 0.2) is 0 Å². The Bertz CT molecular complexity index is 233. The van der Waals surface area contributed by atoms with Gasteiger partial charge in [0.25, 0.3) is 0 Å². The van der Waals surface area contributed by atoms with Crippen LogP contribution in [0.3, 0.4) is 0 Å². The summed E-state index contributed by atoms with van der Waals surface area (Å²) in [6.07, 6.45) is 0.948. The van der Waals surface area contributed by atoms with E-state index in [-0.39, 0.29) is 0 Å². The van der Waals surface area contributed by atoms with Crippen molar-refractivity contribution in [1.82, 2.24) is 0 Å². The Balaban J connectivity index is 0.000000561. The molecule has 0 saturated carbocycles. The number of rotatable bonds is 2. The molecule has 0 bridgehead atoms. The Hall–Kier alpha value is -1.18. The maximum Gasteiger partial charge on any atom is 0.108 e. The number of aryl methyl sites for hydroxylation is 1. The average Bonchev–Trinajstić information content (AvgIpc) is 2.21. The van der Waals surface area contributed by atoms with Crippen LogP contribution in [0.4, 0.5) is 5.69 Å². The van der Waals surface area contributed by atoms with E-state index in [2.05, 4.69) is 5.18 Å². The second kappa shape index (κ2) is 6.53. The normalized spacial score (nSPS) is 8.25. The van der Waals surface area contributed by atoms with Crippen LogP contribution in [0, 0.1) is 4.91 Å². The van der Waals surface area contributed by atoms with Crippen LogP contribution >= 0.6 is 0 Å². The van der Waals surface area contributed by atoms with Crippen LogP contribution < -0.4 is 0 Å². The maximum absolute atomic E-state index is 10.0. The average molecular weight is 165 g/mol. The molecule has 0 fully saturated rings. The molecule has 0 radical (unpaired) electrons. The summed E-state index contributed by atoms with van der Waals surface area (Å²) < 4.78 is 0. The second-order valence-corrected chi connectivity index (χ2v) is 2.11. The van der Waals surface area contributed by atoms with Crippen LogP contribution in [0.15, 0.2) is 29.4 Å². The Morgan fingerprint density at radius 3 is 2.50 bits per heavy atom. The van der Waals surface area contributed by atoms with Gasteiger partial charge in [0.1, 0.15) is 5.69 Å². The van der Waals surface area contributed by atoms with Gasteiger partial charge in [0.2, 0.25) is 0 Å². The highest BCUT2D eigenvalue weighted by Gasteiger charge is 1.90. The van der Waals surface area contributed by atoms with Gasteiger partial charge in [-0.15, -0.1) is 4.91 Å². The highest BCUT2D eigenvalue weighted by molar-refractivity contribution is 5.39. The molecule has 0 N–H and O–H groups in total. The summed E-state index contributed by atoms with van der Waals surface area (Å²) in [5.41, 5.74) is 1.66. The fourth-order valence-corrected chi connectivity index (χ4v) is 0.833. The fraction of sp³-hybridized carbons (Fsp3) is 0.400. The number of benzene rings is 1. The van der Waals surface area contributed by atoms with E-state index in [9.17, 15) is 4.91 Å². The lowest BCUT2D eigenvalue weighted by molar-refractivity contribution is 1.14. The van der Waals surface area contributed by atoms with E-state index >= 15 is 0 Å². The van der Waals surface area contributed by atoms with Crippen molar-refractivity contribution in [2.75, 3.05) is 0 Å². The molecule has 0 aliphatic carbocycles. The number of hydrogen-bond acceptors (Lipinski definition) is 2. The molecule has 1 rings (SSSR count). The van der Waals surface area contributed by atoms with Crippen molar-refractivity contribution in [1.29, 1.82) is 0 Å². The molecule has 0 atom stereocenters. The minimum absolute atomic E-state index is 0.513. The molecule has 2 nitrogen and oxygen atoms in total. The monoisotopic (exact) mass is 165 g/mol. The standard InChI is InChI=1S/C8H9NO.C2H6/c1-2-7-4-3-5-8(6-7)9-10;1-2/h3-6H,2H2,1H3;1-2H3. The molecule has 1 aromatic rings. The Morgan fingerprint density at radius 2 is 2.00 bits per heavy atom. The second-order valence-electron chi connectivity index (χ2n) is 2.11. The van der Waals surface area contributed by atoms with Gasteiger partial charge in [-0.05, 0) is 29.3 Å². The molecule has 0 unspecified atom stereocenters. The number of nitroso groups, excluding NO2 is 1. The van der Waals surface area contributed by atoms with Crippen molar-refractivity contribution < 1.29 is 0 Å². The van der Waals surface area contributed by atoms with Crippen molar-refractivity contribution in [2.24, 2.45) is 5.18 Å². The SMILES string of the molecule is CC.CCc1cccc(N=O)c1. The van der Waals surface area contributed by atoms with E-state index in [0.717, 1.165) is 12.0 Å². The third-order valence-electron chi connectivity index (χ3n) is 1.42. The number of nitrogens with zero attached hydrogens (tertiary/aromatic N) is 1. The molecule has 0 aliphatic heterocycles. The molecule has 66 valence electrons. The summed E-state index contributed by atoms with van der Waals surface area (Å²) >= 11 is 0. The summed E-state index contributed by atoms with van der Waals surface area (Å²) in [5.74, 6) is 0. The first-order chi connectivity index (χ1) is 5.86. The first kappa shape index (κ1) is 10.8. The van der Waals surface area contributed by atoms with Crippen molar-refractivity contribution in [3.63, 3.8) is 0 Å². The van der Waals surface area contributed by atoms with E-state index in [4.69, 9.17) is 0 Å². The molecule has 0 aliphatic rings. The lowest BCUT2D eigenvalue weighted by Gasteiger charge is -1.93. The molecule has 1 aromatic carbocycles. The van der Waals surface area contributed by atoms with Crippen molar-refractivity contribution in [3.8, 4) is 0 Å². The van der Waals surface area contributed by atoms with Gasteiger partial charge in [-0.3, -0.25) is 0 Å². The molecule has 0 spiro atoms. The van der Waals surface area contributed by atoms with Gasteiger partial charge >= 0.3 is 0 Å². The Kier molecular flexibility index (Phi) is 5.88. The minimum Gasteiger partial charge on any atom is -0.145 e. The summed E-state index contributed by atoms with van der Waals surface area (Å²) in [7, 11) is 0. The van der Waals surface area contributed by atoms with Crippen LogP contribution in [0.1, 0.15) is 26.3 Å². The summed E-state index contributed by atoms with van der Waals surface area (Å²) in [6, 6.07) is 7.32. The topological polar surface area (TPSA) is 29.4 Å².